The number of hydrogen-bond acceptors (Lipinski definition) is 4. The standard InChI is InChI=1S/C15H20N2O2/c1-2-14-5-6-15(19-14)12-17(8-9-18)11-13-4-3-7-16-10-13/h3-7,10,18H,2,8-9,11-12H2,1H3. The van der Waals surface area contributed by atoms with Gasteiger partial charge in [-0.05, 0) is 23.8 Å². The average Bonchev–Trinajstić information content (AvgIpc) is 2.88. The van der Waals surface area contributed by atoms with Crippen molar-refractivity contribution >= 4 is 0 Å². The minimum Gasteiger partial charge on any atom is -0.465 e. The smallest absolute Gasteiger partial charge is 0.118 e. The van der Waals surface area contributed by atoms with Crippen molar-refractivity contribution in [2.75, 3.05) is 13.2 Å². The second-order valence-corrected chi connectivity index (χ2v) is 4.52. The lowest BCUT2D eigenvalue weighted by atomic mass is 10.2. The molecule has 0 spiro atoms. The molecule has 0 saturated heterocycles. The highest BCUT2D eigenvalue weighted by molar-refractivity contribution is 5.10. The number of aromatic nitrogens is 1. The Kier molecular flexibility index (Phi) is 5.12. The number of hydrogen-bond donors (Lipinski definition) is 1. The molecule has 0 aromatic carbocycles. The van der Waals surface area contributed by atoms with E-state index in [4.69, 9.17) is 9.52 Å². The first-order chi connectivity index (χ1) is 9.31. The van der Waals surface area contributed by atoms with Gasteiger partial charge in [0.05, 0.1) is 13.2 Å². The van der Waals surface area contributed by atoms with Gasteiger partial charge in [-0.15, -0.1) is 0 Å². The minimum absolute atomic E-state index is 0.140. The van der Waals surface area contributed by atoms with Gasteiger partial charge in [-0.25, -0.2) is 0 Å². The third-order valence-corrected chi connectivity index (χ3v) is 2.99. The lowest BCUT2D eigenvalue weighted by Gasteiger charge is -2.19. The Bertz CT molecular complexity index is 482. The molecule has 4 heteroatoms. The maximum Gasteiger partial charge on any atom is 0.118 e. The zero-order valence-electron chi connectivity index (χ0n) is 11.2. The fourth-order valence-corrected chi connectivity index (χ4v) is 2.02. The molecular weight excluding hydrogens is 240 g/mol. The first kappa shape index (κ1) is 13.8. The molecule has 1 N–H and O–H groups in total. The highest BCUT2D eigenvalue weighted by Gasteiger charge is 2.09. The first-order valence-electron chi connectivity index (χ1n) is 6.61. The molecule has 0 bridgehead atoms. The molecule has 0 fully saturated rings. The molecule has 0 amide bonds. The Morgan fingerprint density at radius 3 is 2.68 bits per heavy atom. The number of aliphatic hydroxyl groups is 1. The monoisotopic (exact) mass is 260 g/mol. The highest BCUT2D eigenvalue weighted by atomic mass is 16.3. The summed E-state index contributed by atoms with van der Waals surface area (Å²) in [4.78, 5) is 6.26. The molecule has 2 heterocycles. The molecule has 102 valence electrons. The summed E-state index contributed by atoms with van der Waals surface area (Å²) in [5, 5.41) is 9.16. The van der Waals surface area contributed by atoms with Crippen molar-refractivity contribution < 1.29 is 9.52 Å². The summed E-state index contributed by atoms with van der Waals surface area (Å²) in [6.45, 7) is 4.30. The predicted octanol–water partition coefficient (Wildman–Crippen LogP) is 2.23. The number of furan rings is 1. The molecule has 0 aliphatic rings. The molecule has 2 aromatic rings. The van der Waals surface area contributed by atoms with Crippen LogP contribution >= 0.6 is 0 Å². The summed E-state index contributed by atoms with van der Waals surface area (Å²) in [6.07, 6.45) is 4.52. The molecule has 0 unspecified atom stereocenters. The van der Waals surface area contributed by atoms with E-state index in [9.17, 15) is 0 Å². The van der Waals surface area contributed by atoms with Crippen LogP contribution in [-0.4, -0.2) is 28.1 Å². The topological polar surface area (TPSA) is 49.5 Å². The van der Waals surface area contributed by atoms with Gasteiger partial charge < -0.3 is 9.52 Å². The number of pyridine rings is 1. The fourth-order valence-electron chi connectivity index (χ4n) is 2.02. The third kappa shape index (κ3) is 4.19. The van der Waals surface area contributed by atoms with Crippen molar-refractivity contribution in [3.63, 3.8) is 0 Å². The molecule has 19 heavy (non-hydrogen) atoms. The quantitative estimate of drug-likeness (QED) is 0.829. The van der Waals surface area contributed by atoms with E-state index in [1.54, 1.807) is 6.20 Å². The van der Waals surface area contributed by atoms with E-state index in [0.29, 0.717) is 13.1 Å². The summed E-state index contributed by atoms with van der Waals surface area (Å²) in [5.74, 6) is 1.94. The van der Waals surface area contributed by atoms with E-state index in [1.807, 2.05) is 30.5 Å². The summed E-state index contributed by atoms with van der Waals surface area (Å²) in [6, 6.07) is 7.98. The molecule has 2 rings (SSSR count). The Hall–Kier alpha value is -1.65. The Labute approximate surface area is 113 Å². The van der Waals surface area contributed by atoms with Crippen LogP contribution in [0.15, 0.2) is 41.1 Å². The van der Waals surface area contributed by atoms with Crippen LogP contribution in [0.2, 0.25) is 0 Å². The Morgan fingerprint density at radius 2 is 2.05 bits per heavy atom. The van der Waals surface area contributed by atoms with Gasteiger partial charge in [-0.2, -0.15) is 0 Å². The summed E-state index contributed by atoms with van der Waals surface area (Å²) in [7, 11) is 0. The first-order valence-corrected chi connectivity index (χ1v) is 6.61. The van der Waals surface area contributed by atoms with E-state index in [2.05, 4.69) is 16.8 Å². The van der Waals surface area contributed by atoms with Crippen LogP contribution in [0, 0.1) is 0 Å². The zero-order chi connectivity index (χ0) is 13.5. The molecular formula is C15H20N2O2. The van der Waals surface area contributed by atoms with Crippen LogP contribution in [-0.2, 0) is 19.5 Å². The fraction of sp³-hybridized carbons (Fsp3) is 0.400. The van der Waals surface area contributed by atoms with Gasteiger partial charge in [0, 0.05) is 31.9 Å². The van der Waals surface area contributed by atoms with E-state index < -0.39 is 0 Å². The van der Waals surface area contributed by atoms with E-state index in [-0.39, 0.29) is 6.61 Å². The third-order valence-electron chi connectivity index (χ3n) is 2.99. The van der Waals surface area contributed by atoms with Crippen molar-refractivity contribution in [3.8, 4) is 0 Å². The van der Waals surface area contributed by atoms with Gasteiger partial charge in [-0.1, -0.05) is 13.0 Å². The van der Waals surface area contributed by atoms with E-state index in [0.717, 1.165) is 30.0 Å². The average molecular weight is 260 g/mol. The number of aliphatic hydroxyl groups excluding tert-OH is 1. The molecule has 0 saturated carbocycles. The van der Waals surface area contributed by atoms with Crippen molar-refractivity contribution in [1.29, 1.82) is 0 Å². The van der Waals surface area contributed by atoms with Crippen molar-refractivity contribution in [1.82, 2.24) is 9.88 Å². The molecule has 0 radical (unpaired) electrons. The van der Waals surface area contributed by atoms with Crippen LogP contribution in [0.5, 0.6) is 0 Å². The lowest BCUT2D eigenvalue weighted by Crippen LogP contribution is -2.25. The van der Waals surface area contributed by atoms with Gasteiger partial charge in [0.15, 0.2) is 0 Å². The Balaban J connectivity index is 1.99. The maximum atomic E-state index is 9.16. The van der Waals surface area contributed by atoms with Gasteiger partial charge in [0.25, 0.3) is 0 Å². The number of aryl methyl sites for hydroxylation is 1. The minimum atomic E-state index is 0.140. The molecule has 0 atom stereocenters. The van der Waals surface area contributed by atoms with E-state index in [1.165, 1.54) is 0 Å². The summed E-state index contributed by atoms with van der Waals surface area (Å²) >= 11 is 0. The van der Waals surface area contributed by atoms with Crippen molar-refractivity contribution in [3.05, 3.63) is 53.7 Å². The zero-order valence-corrected chi connectivity index (χ0v) is 11.2. The van der Waals surface area contributed by atoms with E-state index >= 15 is 0 Å². The predicted molar refractivity (Wildman–Crippen MR) is 73.5 cm³/mol. The number of rotatable bonds is 7. The second-order valence-electron chi connectivity index (χ2n) is 4.52. The van der Waals surface area contributed by atoms with Crippen LogP contribution in [0.1, 0.15) is 24.0 Å². The van der Waals surface area contributed by atoms with Gasteiger partial charge in [-0.3, -0.25) is 9.88 Å². The highest BCUT2D eigenvalue weighted by Crippen LogP contribution is 2.13. The SMILES string of the molecule is CCc1ccc(CN(CCO)Cc2cccnc2)o1. The normalized spacial score (nSPS) is 11.1. The molecule has 0 aliphatic heterocycles. The second kappa shape index (κ2) is 7.07. The maximum absolute atomic E-state index is 9.16. The van der Waals surface area contributed by atoms with Crippen molar-refractivity contribution in [2.24, 2.45) is 0 Å². The van der Waals surface area contributed by atoms with Crippen LogP contribution < -0.4 is 0 Å². The van der Waals surface area contributed by atoms with Gasteiger partial charge >= 0.3 is 0 Å². The van der Waals surface area contributed by atoms with Gasteiger partial charge in [0.2, 0.25) is 0 Å². The van der Waals surface area contributed by atoms with Crippen LogP contribution in [0.4, 0.5) is 0 Å². The van der Waals surface area contributed by atoms with Gasteiger partial charge in [0.1, 0.15) is 11.5 Å². The summed E-state index contributed by atoms with van der Waals surface area (Å²) in [5.41, 5.74) is 1.14. The molecule has 4 nitrogen and oxygen atoms in total. The molecule has 2 aromatic heterocycles. The van der Waals surface area contributed by atoms with Crippen molar-refractivity contribution in [2.45, 2.75) is 26.4 Å². The summed E-state index contributed by atoms with van der Waals surface area (Å²) < 4.78 is 5.71. The molecule has 0 aliphatic carbocycles. The Morgan fingerprint density at radius 1 is 1.21 bits per heavy atom. The van der Waals surface area contributed by atoms with Crippen LogP contribution in [0.3, 0.4) is 0 Å². The lowest BCUT2D eigenvalue weighted by molar-refractivity contribution is 0.174. The largest absolute Gasteiger partial charge is 0.465 e. The van der Waals surface area contributed by atoms with Crippen LogP contribution in [0.25, 0.3) is 0 Å². The number of nitrogens with zero attached hydrogens (tertiary/aromatic N) is 2.